The fraction of sp³-hybridized carbons (Fsp3) is 0.364. The summed E-state index contributed by atoms with van der Waals surface area (Å²) in [6.45, 7) is -0.0349. The number of hydrogen-bond acceptors (Lipinski definition) is 4. The van der Waals surface area contributed by atoms with Crippen LogP contribution in [0.3, 0.4) is 0 Å². The van der Waals surface area contributed by atoms with Gasteiger partial charge in [0.2, 0.25) is 0 Å². The molecule has 0 spiro atoms. The molecule has 0 saturated heterocycles. The average molecular weight is 224 g/mol. The van der Waals surface area contributed by atoms with Gasteiger partial charge in [-0.15, -0.1) is 0 Å². The van der Waals surface area contributed by atoms with E-state index < -0.39 is 0 Å². The van der Waals surface area contributed by atoms with Gasteiger partial charge >= 0.3 is 0 Å². The van der Waals surface area contributed by atoms with Crippen molar-refractivity contribution in [1.82, 2.24) is 4.90 Å². The maximum Gasteiger partial charge on any atom is 0.259 e. The van der Waals surface area contributed by atoms with Gasteiger partial charge in [-0.3, -0.25) is 4.79 Å². The number of benzene rings is 1. The number of nitrogen functional groups attached to an aromatic ring is 1. The quantitative estimate of drug-likeness (QED) is 0.766. The van der Waals surface area contributed by atoms with E-state index in [9.17, 15) is 4.79 Å². The fourth-order valence-corrected chi connectivity index (χ4v) is 1.07. The minimum absolute atomic E-state index is 0.0349. The lowest BCUT2D eigenvalue weighted by Gasteiger charge is -2.13. The molecule has 1 amide bonds. The molecule has 0 aliphatic carbocycles. The van der Waals surface area contributed by atoms with Crippen LogP contribution >= 0.6 is 0 Å². The molecular formula is C11H16N2O3. The summed E-state index contributed by atoms with van der Waals surface area (Å²) >= 11 is 0. The smallest absolute Gasteiger partial charge is 0.259 e. The van der Waals surface area contributed by atoms with Crippen LogP contribution in [0, 0.1) is 0 Å². The van der Waals surface area contributed by atoms with Crippen molar-refractivity contribution in [2.24, 2.45) is 0 Å². The van der Waals surface area contributed by atoms with E-state index in [1.54, 1.807) is 32.3 Å². The molecule has 16 heavy (non-hydrogen) atoms. The zero-order chi connectivity index (χ0) is 12.1. The lowest BCUT2D eigenvalue weighted by Crippen LogP contribution is -2.27. The Bertz CT molecular complexity index is 377. The third kappa shape index (κ3) is 3.05. The molecule has 0 radical (unpaired) electrons. The minimum Gasteiger partial charge on any atom is -0.493 e. The molecule has 0 bridgehead atoms. The monoisotopic (exact) mass is 224 g/mol. The molecule has 0 aliphatic heterocycles. The van der Waals surface area contributed by atoms with Gasteiger partial charge in [-0.1, -0.05) is 0 Å². The molecule has 0 aliphatic rings. The van der Waals surface area contributed by atoms with Gasteiger partial charge in [-0.25, -0.2) is 0 Å². The van der Waals surface area contributed by atoms with Gasteiger partial charge in [0.05, 0.1) is 7.11 Å². The van der Waals surface area contributed by atoms with Crippen molar-refractivity contribution < 1.29 is 14.3 Å². The Balaban J connectivity index is 2.72. The van der Waals surface area contributed by atoms with Crippen LogP contribution in [0.25, 0.3) is 0 Å². The maximum atomic E-state index is 11.3. The van der Waals surface area contributed by atoms with Crippen molar-refractivity contribution in [3.8, 4) is 11.5 Å². The second-order valence-corrected chi connectivity index (χ2v) is 3.49. The van der Waals surface area contributed by atoms with Gasteiger partial charge in [0, 0.05) is 25.8 Å². The number of likely N-dealkylation sites (N-methyl/N-ethyl adjacent to an activating group) is 1. The summed E-state index contributed by atoms with van der Waals surface area (Å²) in [4.78, 5) is 12.8. The Kier molecular flexibility index (Phi) is 3.99. The number of anilines is 1. The van der Waals surface area contributed by atoms with Crippen molar-refractivity contribution in [3.63, 3.8) is 0 Å². The highest BCUT2D eigenvalue weighted by atomic mass is 16.5. The lowest BCUT2D eigenvalue weighted by atomic mass is 10.3. The summed E-state index contributed by atoms with van der Waals surface area (Å²) in [5.41, 5.74) is 6.18. The van der Waals surface area contributed by atoms with Crippen molar-refractivity contribution in [3.05, 3.63) is 18.2 Å². The largest absolute Gasteiger partial charge is 0.493 e. The van der Waals surface area contributed by atoms with Gasteiger partial charge in [-0.05, 0) is 12.1 Å². The van der Waals surface area contributed by atoms with E-state index in [1.807, 2.05) is 0 Å². The Morgan fingerprint density at radius 3 is 2.62 bits per heavy atom. The molecule has 0 fully saturated rings. The van der Waals surface area contributed by atoms with Crippen molar-refractivity contribution in [1.29, 1.82) is 0 Å². The first-order chi connectivity index (χ1) is 7.54. The molecule has 5 nitrogen and oxygen atoms in total. The summed E-state index contributed by atoms with van der Waals surface area (Å²) in [6, 6.07) is 5.03. The van der Waals surface area contributed by atoms with Gasteiger partial charge in [-0.2, -0.15) is 0 Å². The zero-order valence-corrected chi connectivity index (χ0v) is 9.69. The Morgan fingerprint density at radius 2 is 2.06 bits per heavy atom. The number of hydrogen-bond donors (Lipinski definition) is 1. The highest BCUT2D eigenvalue weighted by molar-refractivity contribution is 5.77. The molecule has 1 aromatic carbocycles. The predicted molar refractivity (Wildman–Crippen MR) is 61.6 cm³/mol. The molecule has 0 aromatic heterocycles. The first-order valence-corrected chi connectivity index (χ1v) is 4.81. The summed E-state index contributed by atoms with van der Waals surface area (Å²) in [7, 11) is 4.87. The minimum atomic E-state index is -0.121. The van der Waals surface area contributed by atoms with E-state index >= 15 is 0 Å². The normalized spacial score (nSPS) is 9.69. The predicted octanol–water partition coefficient (Wildman–Crippen LogP) is 0.744. The van der Waals surface area contributed by atoms with Gasteiger partial charge in [0.25, 0.3) is 5.91 Å². The third-order valence-corrected chi connectivity index (χ3v) is 2.04. The molecule has 2 N–H and O–H groups in total. The SMILES string of the molecule is COc1ccc(N)cc1OCC(=O)N(C)C. The van der Waals surface area contributed by atoms with Crippen molar-refractivity contribution in [2.75, 3.05) is 33.5 Å². The zero-order valence-electron chi connectivity index (χ0n) is 9.69. The highest BCUT2D eigenvalue weighted by Gasteiger charge is 2.09. The van der Waals surface area contributed by atoms with Crippen LogP contribution in [0.5, 0.6) is 11.5 Å². The van der Waals surface area contributed by atoms with Gasteiger partial charge in [0.15, 0.2) is 18.1 Å². The molecule has 5 heteroatoms. The molecule has 1 rings (SSSR count). The summed E-state index contributed by atoms with van der Waals surface area (Å²) in [5, 5.41) is 0. The number of amides is 1. The maximum absolute atomic E-state index is 11.3. The molecule has 0 saturated carbocycles. The van der Waals surface area contributed by atoms with E-state index in [0.717, 1.165) is 0 Å². The topological polar surface area (TPSA) is 64.8 Å². The van der Waals surface area contributed by atoms with Crippen LogP contribution in [0.2, 0.25) is 0 Å². The van der Waals surface area contributed by atoms with Crippen LogP contribution in [-0.2, 0) is 4.79 Å². The Labute approximate surface area is 94.7 Å². The van der Waals surface area contributed by atoms with Gasteiger partial charge < -0.3 is 20.1 Å². The first kappa shape index (κ1) is 12.2. The number of nitrogens with zero attached hydrogens (tertiary/aromatic N) is 1. The van der Waals surface area contributed by atoms with E-state index in [-0.39, 0.29) is 12.5 Å². The molecule has 0 unspecified atom stereocenters. The van der Waals surface area contributed by atoms with Crippen LogP contribution < -0.4 is 15.2 Å². The number of nitrogens with two attached hydrogens (primary N) is 1. The number of methoxy groups -OCH3 is 1. The number of carbonyl (C=O) groups is 1. The van der Waals surface area contributed by atoms with E-state index in [0.29, 0.717) is 17.2 Å². The number of carbonyl (C=O) groups excluding carboxylic acids is 1. The molecule has 0 heterocycles. The second-order valence-electron chi connectivity index (χ2n) is 3.49. The van der Waals surface area contributed by atoms with Crippen LogP contribution in [0.4, 0.5) is 5.69 Å². The number of ether oxygens (including phenoxy) is 2. The number of rotatable bonds is 4. The molecule has 0 atom stereocenters. The second kappa shape index (κ2) is 5.25. The first-order valence-electron chi connectivity index (χ1n) is 4.81. The third-order valence-electron chi connectivity index (χ3n) is 2.04. The Morgan fingerprint density at radius 1 is 1.38 bits per heavy atom. The van der Waals surface area contributed by atoms with Gasteiger partial charge in [0.1, 0.15) is 0 Å². The lowest BCUT2D eigenvalue weighted by molar-refractivity contribution is -0.130. The van der Waals surface area contributed by atoms with Crippen molar-refractivity contribution in [2.45, 2.75) is 0 Å². The van der Waals surface area contributed by atoms with Crippen LogP contribution in [-0.4, -0.2) is 38.6 Å². The summed E-state index contributed by atoms with van der Waals surface area (Å²) in [5.74, 6) is 0.905. The van der Waals surface area contributed by atoms with E-state index in [1.165, 1.54) is 12.0 Å². The van der Waals surface area contributed by atoms with Crippen LogP contribution in [0.1, 0.15) is 0 Å². The average Bonchev–Trinajstić information content (AvgIpc) is 2.25. The standard InChI is InChI=1S/C11H16N2O3/c1-13(2)11(14)7-16-10-6-8(12)4-5-9(10)15-3/h4-6H,7,12H2,1-3H3. The molecule has 88 valence electrons. The highest BCUT2D eigenvalue weighted by Crippen LogP contribution is 2.28. The summed E-state index contributed by atoms with van der Waals surface area (Å²) < 4.78 is 10.4. The van der Waals surface area contributed by atoms with E-state index in [4.69, 9.17) is 15.2 Å². The van der Waals surface area contributed by atoms with E-state index in [2.05, 4.69) is 0 Å². The molecular weight excluding hydrogens is 208 g/mol. The van der Waals surface area contributed by atoms with Crippen molar-refractivity contribution >= 4 is 11.6 Å². The fourth-order valence-electron chi connectivity index (χ4n) is 1.07. The summed E-state index contributed by atoms with van der Waals surface area (Å²) in [6.07, 6.45) is 0. The Hall–Kier alpha value is -1.91. The van der Waals surface area contributed by atoms with Crippen LogP contribution in [0.15, 0.2) is 18.2 Å². The molecule has 1 aromatic rings.